The van der Waals surface area contributed by atoms with Crippen LogP contribution in [0.5, 0.6) is 0 Å². The highest BCUT2D eigenvalue weighted by molar-refractivity contribution is 7.94. The predicted molar refractivity (Wildman–Crippen MR) is 110 cm³/mol. The molecule has 140 valence electrons. The molecule has 1 saturated heterocycles. The summed E-state index contributed by atoms with van der Waals surface area (Å²) in [5, 5.41) is 2.42. The molecule has 1 aromatic heterocycles. The Morgan fingerprint density at radius 3 is 2.67 bits per heavy atom. The van der Waals surface area contributed by atoms with E-state index in [9.17, 15) is 8.42 Å². The molecule has 1 fully saturated rings. The summed E-state index contributed by atoms with van der Waals surface area (Å²) in [7, 11) is -1.23. The Labute approximate surface area is 160 Å². The number of hydrogen-bond donors (Lipinski definition) is 0. The molecular weight excluding hydrogens is 356 g/mol. The van der Waals surface area contributed by atoms with E-state index in [1.807, 2.05) is 18.2 Å². The summed E-state index contributed by atoms with van der Waals surface area (Å²) >= 11 is 0. The molecule has 2 heterocycles. The molecule has 4 nitrogen and oxygen atoms in total. The van der Waals surface area contributed by atoms with Crippen LogP contribution in [0.4, 0.5) is 0 Å². The fourth-order valence-corrected chi connectivity index (χ4v) is 4.81. The van der Waals surface area contributed by atoms with E-state index < -0.39 is 9.84 Å². The zero-order chi connectivity index (χ0) is 18.9. The third kappa shape index (κ3) is 3.84. The predicted octanol–water partition coefficient (Wildman–Crippen LogP) is 4.18. The quantitative estimate of drug-likeness (QED) is 0.667. The van der Waals surface area contributed by atoms with Crippen molar-refractivity contribution in [3.63, 3.8) is 0 Å². The highest BCUT2D eigenvalue weighted by Gasteiger charge is 2.21. The Balaban J connectivity index is 1.56. The van der Waals surface area contributed by atoms with E-state index in [2.05, 4.69) is 34.8 Å². The molecule has 0 spiro atoms. The molecule has 5 heteroatoms. The number of likely N-dealkylation sites (N-methyl/N-ethyl adjacent to an activating group) is 1. The summed E-state index contributed by atoms with van der Waals surface area (Å²) in [4.78, 5) is 2.74. The lowest BCUT2D eigenvalue weighted by atomic mass is 10.1. The van der Waals surface area contributed by atoms with E-state index >= 15 is 0 Å². The van der Waals surface area contributed by atoms with Crippen LogP contribution in [0, 0.1) is 0 Å². The van der Waals surface area contributed by atoms with E-state index in [0.717, 1.165) is 17.5 Å². The molecule has 27 heavy (non-hydrogen) atoms. The summed E-state index contributed by atoms with van der Waals surface area (Å²) in [6, 6.07) is 17.3. The summed E-state index contributed by atoms with van der Waals surface area (Å²) in [5.41, 5.74) is 2.08. The van der Waals surface area contributed by atoms with E-state index in [4.69, 9.17) is 0 Å². The SMILES string of the molecule is CN1CCC[C@@H]1Cn1ccc2cc(/C=C/S(=O)(=O)c3ccccc3)ccc21. The zero-order valence-corrected chi connectivity index (χ0v) is 16.3. The van der Waals surface area contributed by atoms with E-state index in [1.165, 1.54) is 30.3 Å². The fourth-order valence-electron chi connectivity index (χ4n) is 3.78. The van der Waals surface area contributed by atoms with Gasteiger partial charge in [0.05, 0.1) is 4.90 Å². The van der Waals surface area contributed by atoms with Crippen LogP contribution in [0.1, 0.15) is 18.4 Å². The van der Waals surface area contributed by atoms with Crippen LogP contribution in [0.15, 0.2) is 71.1 Å². The van der Waals surface area contributed by atoms with Crippen LogP contribution in [0.25, 0.3) is 17.0 Å². The van der Waals surface area contributed by atoms with Gasteiger partial charge in [-0.25, -0.2) is 8.42 Å². The first-order valence-corrected chi connectivity index (χ1v) is 10.8. The second kappa shape index (κ2) is 7.33. The summed E-state index contributed by atoms with van der Waals surface area (Å²) in [6.07, 6.45) is 6.31. The van der Waals surface area contributed by atoms with Gasteiger partial charge in [-0.2, -0.15) is 0 Å². The lowest BCUT2D eigenvalue weighted by molar-refractivity contribution is 0.284. The molecule has 0 aliphatic carbocycles. The van der Waals surface area contributed by atoms with E-state index in [1.54, 1.807) is 30.3 Å². The number of fused-ring (bicyclic) bond motifs is 1. The van der Waals surface area contributed by atoms with E-state index in [0.29, 0.717) is 10.9 Å². The minimum atomic E-state index is -3.42. The number of rotatable bonds is 5. The smallest absolute Gasteiger partial charge is 0.199 e. The average Bonchev–Trinajstić information content (AvgIpc) is 3.27. The standard InChI is InChI=1S/C22H24N2O2S/c1-23-13-5-6-20(23)17-24-14-11-19-16-18(9-10-22(19)24)12-15-27(25,26)21-7-3-2-4-8-21/h2-4,7-12,14-16,20H,5-6,13,17H2,1H3/b15-12+/t20-/m1/s1. The van der Waals surface area contributed by atoms with Crippen molar-refractivity contribution in [3.8, 4) is 0 Å². The van der Waals surface area contributed by atoms with Crippen LogP contribution in [0.3, 0.4) is 0 Å². The maximum atomic E-state index is 12.4. The minimum Gasteiger partial charge on any atom is -0.346 e. The second-order valence-corrected chi connectivity index (χ2v) is 9.06. The maximum Gasteiger partial charge on any atom is 0.199 e. The maximum absolute atomic E-state index is 12.4. The molecule has 0 amide bonds. The van der Waals surface area contributed by atoms with Gasteiger partial charge in [-0.15, -0.1) is 0 Å². The Hall–Kier alpha value is -2.37. The molecule has 0 N–H and O–H groups in total. The molecule has 1 aliphatic rings. The van der Waals surface area contributed by atoms with Crippen molar-refractivity contribution in [2.45, 2.75) is 30.3 Å². The number of sulfone groups is 1. The topological polar surface area (TPSA) is 42.3 Å². The lowest BCUT2D eigenvalue weighted by Crippen LogP contribution is -2.28. The van der Waals surface area contributed by atoms with Gasteiger partial charge in [-0.3, -0.25) is 0 Å². The van der Waals surface area contributed by atoms with Gasteiger partial charge >= 0.3 is 0 Å². The van der Waals surface area contributed by atoms with Gasteiger partial charge in [0.2, 0.25) is 0 Å². The Morgan fingerprint density at radius 2 is 1.93 bits per heavy atom. The van der Waals surface area contributed by atoms with Crippen LogP contribution >= 0.6 is 0 Å². The molecule has 0 unspecified atom stereocenters. The summed E-state index contributed by atoms with van der Waals surface area (Å²) in [6.45, 7) is 2.17. The van der Waals surface area contributed by atoms with Crippen molar-refractivity contribution in [1.29, 1.82) is 0 Å². The second-order valence-electron chi connectivity index (χ2n) is 7.22. The number of aromatic nitrogens is 1. The molecule has 0 radical (unpaired) electrons. The first-order chi connectivity index (χ1) is 13.0. The van der Waals surface area contributed by atoms with E-state index in [-0.39, 0.29) is 0 Å². The minimum absolute atomic E-state index is 0.314. The molecule has 0 bridgehead atoms. The van der Waals surface area contributed by atoms with Gasteiger partial charge in [0, 0.05) is 35.1 Å². The van der Waals surface area contributed by atoms with Gasteiger partial charge in [-0.1, -0.05) is 24.3 Å². The Morgan fingerprint density at radius 1 is 1.11 bits per heavy atom. The third-order valence-electron chi connectivity index (χ3n) is 5.39. The molecule has 4 rings (SSSR count). The summed E-state index contributed by atoms with van der Waals surface area (Å²) in [5.74, 6) is 0. The van der Waals surface area contributed by atoms with Gasteiger partial charge in [0.15, 0.2) is 9.84 Å². The van der Waals surface area contributed by atoms with Crippen LogP contribution < -0.4 is 0 Å². The number of hydrogen-bond acceptors (Lipinski definition) is 3. The normalized spacial score (nSPS) is 18.6. The van der Waals surface area contributed by atoms with Crippen molar-refractivity contribution in [2.75, 3.05) is 13.6 Å². The third-order valence-corrected chi connectivity index (χ3v) is 6.81. The van der Waals surface area contributed by atoms with Crippen LogP contribution in [0.2, 0.25) is 0 Å². The highest BCUT2D eigenvalue weighted by Crippen LogP contribution is 2.23. The monoisotopic (exact) mass is 380 g/mol. The lowest BCUT2D eigenvalue weighted by Gasteiger charge is -2.20. The molecule has 1 aliphatic heterocycles. The fraction of sp³-hybridized carbons (Fsp3) is 0.273. The van der Waals surface area contributed by atoms with Gasteiger partial charge in [0.25, 0.3) is 0 Å². The number of nitrogens with zero attached hydrogens (tertiary/aromatic N) is 2. The van der Waals surface area contributed by atoms with Crippen molar-refractivity contribution in [1.82, 2.24) is 9.47 Å². The van der Waals surface area contributed by atoms with Crippen LogP contribution in [-0.2, 0) is 16.4 Å². The number of benzene rings is 2. The Kier molecular flexibility index (Phi) is 4.89. The van der Waals surface area contributed by atoms with Crippen molar-refractivity contribution >= 4 is 26.8 Å². The highest BCUT2D eigenvalue weighted by atomic mass is 32.2. The van der Waals surface area contributed by atoms with Gasteiger partial charge in [0.1, 0.15) is 0 Å². The molecule has 0 saturated carbocycles. The first kappa shape index (κ1) is 18.0. The largest absolute Gasteiger partial charge is 0.346 e. The van der Waals surface area contributed by atoms with Crippen molar-refractivity contribution < 1.29 is 8.42 Å². The molecule has 1 atom stereocenters. The molecule has 2 aromatic carbocycles. The van der Waals surface area contributed by atoms with Crippen molar-refractivity contribution in [3.05, 3.63) is 71.8 Å². The van der Waals surface area contributed by atoms with Crippen LogP contribution in [-0.4, -0.2) is 37.5 Å². The van der Waals surface area contributed by atoms with Gasteiger partial charge in [-0.05, 0) is 68.4 Å². The molecule has 3 aromatic rings. The first-order valence-electron chi connectivity index (χ1n) is 9.30. The Bertz CT molecular complexity index is 1070. The zero-order valence-electron chi connectivity index (χ0n) is 15.5. The van der Waals surface area contributed by atoms with Gasteiger partial charge < -0.3 is 9.47 Å². The van der Waals surface area contributed by atoms with Crippen molar-refractivity contribution in [2.24, 2.45) is 0 Å². The molecular formula is C22H24N2O2S. The number of likely N-dealkylation sites (tertiary alicyclic amines) is 1. The summed E-state index contributed by atoms with van der Waals surface area (Å²) < 4.78 is 27.1. The average molecular weight is 381 g/mol.